The lowest BCUT2D eigenvalue weighted by molar-refractivity contribution is -0.143. The number of aliphatic carboxylic acids is 1. The molecule has 1 aromatic carbocycles. The zero-order valence-electron chi connectivity index (χ0n) is 10.4. The van der Waals surface area contributed by atoms with Gasteiger partial charge in [-0.1, -0.05) is 19.3 Å². The van der Waals surface area contributed by atoms with Crippen LogP contribution < -0.4 is 5.32 Å². The van der Waals surface area contributed by atoms with Gasteiger partial charge in [0.1, 0.15) is 11.6 Å². The molecule has 2 rings (SSSR count). The van der Waals surface area contributed by atoms with E-state index in [0.29, 0.717) is 22.9 Å². The van der Waals surface area contributed by atoms with E-state index >= 15 is 0 Å². The van der Waals surface area contributed by atoms with Crippen LogP contribution in [0, 0.1) is 11.3 Å². The van der Waals surface area contributed by atoms with Crippen molar-refractivity contribution in [2.45, 2.75) is 37.6 Å². The summed E-state index contributed by atoms with van der Waals surface area (Å²) in [7, 11) is 0. The molecule has 2 N–H and O–H groups in total. The Morgan fingerprint density at radius 1 is 1.37 bits per heavy atom. The lowest BCUT2D eigenvalue weighted by Crippen LogP contribution is -2.47. The Morgan fingerprint density at radius 2 is 2.05 bits per heavy atom. The topological polar surface area (TPSA) is 73.1 Å². The molecule has 0 aliphatic heterocycles. The molecule has 0 radical (unpaired) electrons. The summed E-state index contributed by atoms with van der Waals surface area (Å²) in [6.45, 7) is 0. The van der Waals surface area contributed by atoms with Crippen molar-refractivity contribution in [1.82, 2.24) is 0 Å². The summed E-state index contributed by atoms with van der Waals surface area (Å²) in [6, 6.07) is 7.27. The minimum atomic E-state index is -0.869. The molecule has 0 saturated heterocycles. The average molecular weight is 323 g/mol. The van der Waals surface area contributed by atoms with Gasteiger partial charge in [0.05, 0.1) is 5.56 Å². The SMILES string of the molecule is N#Cc1ccc(NC2(C(=O)O)CCCCC2)cc1Br. The highest BCUT2D eigenvalue weighted by atomic mass is 79.9. The summed E-state index contributed by atoms with van der Waals surface area (Å²) < 4.78 is 0.677. The maximum absolute atomic E-state index is 11.6. The second-order valence-corrected chi connectivity index (χ2v) is 5.73. The molecule has 4 nitrogen and oxygen atoms in total. The van der Waals surface area contributed by atoms with Crippen molar-refractivity contribution in [3.8, 4) is 6.07 Å². The van der Waals surface area contributed by atoms with Crippen LogP contribution in [-0.2, 0) is 4.79 Å². The Hall–Kier alpha value is -1.54. The van der Waals surface area contributed by atoms with E-state index in [0.717, 1.165) is 24.9 Å². The summed E-state index contributed by atoms with van der Waals surface area (Å²) in [5.74, 6) is -0.798. The molecule has 1 saturated carbocycles. The second kappa shape index (κ2) is 5.62. The molecule has 1 fully saturated rings. The molecule has 0 amide bonds. The Balaban J connectivity index is 2.25. The van der Waals surface area contributed by atoms with Gasteiger partial charge in [0.15, 0.2) is 0 Å². The molecule has 0 aromatic heterocycles. The molecule has 1 aliphatic rings. The van der Waals surface area contributed by atoms with Crippen molar-refractivity contribution in [3.63, 3.8) is 0 Å². The summed E-state index contributed by atoms with van der Waals surface area (Å²) in [5.41, 5.74) is 0.403. The van der Waals surface area contributed by atoms with Crippen LogP contribution >= 0.6 is 15.9 Å². The number of hydrogen-bond donors (Lipinski definition) is 2. The van der Waals surface area contributed by atoms with E-state index in [2.05, 4.69) is 27.3 Å². The first-order valence-electron chi connectivity index (χ1n) is 6.29. The monoisotopic (exact) mass is 322 g/mol. The number of halogens is 1. The van der Waals surface area contributed by atoms with Crippen molar-refractivity contribution >= 4 is 27.6 Å². The van der Waals surface area contributed by atoms with Gasteiger partial charge in [-0.2, -0.15) is 5.26 Å². The molecule has 1 aliphatic carbocycles. The van der Waals surface area contributed by atoms with Gasteiger partial charge in [0.2, 0.25) is 0 Å². The second-order valence-electron chi connectivity index (χ2n) is 4.88. The minimum absolute atomic E-state index is 0.540. The highest BCUT2D eigenvalue weighted by Crippen LogP contribution is 2.33. The molecule has 0 spiro atoms. The number of anilines is 1. The zero-order valence-corrected chi connectivity index (χ0v) is 12.0. The van der Waals surface area contributed by atoms with Crippen LogP contribution in [0.2, 0.25) is 0 Å². The third-order valence-corrected chi connectivity index (χ3v) is 4.25. The Morgan fingerprint density at radius 3 is 2.58 bits per heavy atom. The predicted octanol–water partition coefficient (Wildman–Crippen LogP) is 3.52. The number of rotatable bonds is 3. The van der Waals surface area contributed by atoms with Gasteiger partial charge >= 0.3 is 5.97 Å². The van der Waals surface area contributed by atoms with Crippen molar-refractivity contribution in [2.24, 2.45) is 0 Å². The number of hydrogen-bond acceptors (Lipinski definition) is 3. The van der Waals surface area contributed by atoms with Crippen LogP contribution in [0.4, 0.5) is 5.69 Å². The highest BCUT2D eigenvalue weighted by molar-refractivity contribution is 9.10. The van der Waals surface area contributed by atoms with Gasteiger partial charge in [0, 0.05) is 10.2 Å². The van der Waals surface area contributed by atoms with E-state index in [-0.39, 0.29) is 0 Å². The largest absolute Gasteiger partial charge is 0.480 e. The van der Waals surface area contributed by atoms with E-state index < -0.39 is 11.5 Å². The Kier molecular flexibility index (Phi) is 4.11. The molecule has 5 heteroatoms. The van der Waals surface area contributed by atoms with Crippen LogP contribution in [0.3, 0.4) is 0 Å². The van der Waals surface area contributed by atoms with Gasteiger partial charge in [-0.25, -0.2) is 4.79 Å². The Labute approximate surface area is 120 Å². The van der Waals surface area contributed by atoms with Crippen molar-refractivity contribution < 1.29 is 9.90 Å². The third-order valence-electron chi connectivity index (χ3n) is 3.59. The van der Waals surface area contributed by atoms with Gasteiger partial charge in [0.25, 0.3) is 0 Å². The summed E-state index contributed by atoms with van der Waals surface area (Å²) >= 11 is 3.32. The van der Waals surface area contributed by atoms with Crippen molar-refractivity contribution in [2.75, 3.05) is 5.32 Å². The molecule has 0 heterocycles. The molecule has 19 heavy (non-hydrogen) atoms. The quantitative estimate of drug-likeness (QED) is 0.892. The molecule has 0 bridgehead atoms. The minimum Gasteiger partial charge on any atom is -0.480 e. The fourth-order valence-electron chi connectivity index (χ4n) is 2.51. The standard InChI is InChI=1S/C14H15BrN2O2/c15-12-8-11(5-4-10(12)9-16)17-14(13(18)19)6-2-1-3-7-14/h4-5,8,17H,1-3,6-7H2,(H,18,19). The molecule has 1 aromatic rings. The Bertz CT molecular complexity index is 531. The number of nitrogens with one attached hydrogen (secondary N) is 1. The lowest BCUT2D eigenvalue weighted by Gasteiger charge is -2.35. The molecule has 100 valence electrons. The number of nitriles is 1. The van der Waals surface area contributed by atoms with E-state index in [1.165, 1.54) is 0 Å². The fraction of sp³-hybridized carbons (Fsp3) is 0.429. The van der Waals surface area contributed by atoms with Crippen LogP contribution in [0.25, 0.3) is 0 Å². The smallest absolute Gasteiger partial charge is 0.329 e. The number of carboxylic acid groups (broad SMARTS) is 1. The first-order valence-corrected chi connectivity index (χ1v) is 7.08. The number of carbonyl (C=O) groups is 1. The van der Waals surface area contributed by atoms with Crippen LogP contribution in [0.1, 0.15) is 37.7 Å². The predicted molar refractivity (Wildman–Crippen MR) is 75.9 cm³/mol. The lowest BCUT2D eigenvalue weighted by atomic mass is 9.81. The van der Waals surface area contributed by atoms with E-state index in [1.54, 1.807) is 18.2 Å². The highest BCUT2D eigenvalue weighted by Gasteiger charge is 2.39. The number of benzene rings is 1. The normalized spacial score (nSPS) is 17.5. The molecule has 0 atom stereocenters. The van der Waals surface area contributed by atoms with Crippen molar-refractivity contribution in [1.29, 1.82) is 5.26 Å². The number of nitrogens with zero attached hydrogens (tertiary/aromatic N) is 1. The van der Waals surface area contributed by atoms with Crippen LogP contribution in [-0.4, -0.2) is 16.6 Å². The van der Waals surface area contributed by atoms with Gasteiger partial charge in [-0.3, -0.25) is 0 Å². The van der Waals surface area contributed by atoms with Gasteiger partial charge in [-0.15, -0.1) is 0 Å². The van der Waals surface area contributed by atoms with Crippen LogP contribution in [0.15, 0.2) is 22.7 Å². The van der Waals surface area contributed by atoms with Crippen LogP contribution in [0.5, 0.6) is 0 Å². The van der Waals surface area contributed by atoms with Crippen molar-refractivity contribution in [3.05, 3.63) is 28.2 Å². The number of carboxylic acids is 1. The fourth-order valence-corrected chi connectivity index (χ4v) is 2.97. The summed E-state index contributed by atoms with van der Waals surface area (Å²) in [6.07, 6.45) is 4.22. The molecular formula is C14H15BrN2O2. The van der Waals surface area contributed by atoms with E-state index in [1.807, 2.05) is 0 Å². The summed E-state index contributed by atoms with van der Waals surface area (Å²) in [4.78, 5) is 11.6. The maximum Gasteiger partial charge on any atom is 0.329 e. The third kappa shape index (κ3) is 2.90. The van der Waals surface area contributed by atoms with Gasteiger partial charge in [-0.05, 0) is 47.0 Å². The maximum atomic E-state index is 11.6. The van der Waals surface area contributed by atoms with E-state index in [4.69, 9.17) is 5.26 Å². The van der Waals surface area contributed by atoms with Gasteiger partial charge < -0.3 is 10.4 Å². The zero-order chi connectivity index (χ0) is 13.9. The van der Waals surface area contributed by atoms with E-state index in [9.17, 15) is 9.90 Å². The summed E-state index contributed by atoms with van der Waals surface area (Å²) in [5, 5.41) is 21.5. The molecular weight excluding hydrogens is 308 g/mol. The first kappa shape index (κ1) is 13.9. The first-order chi connectivity index (χ1) is 9.07. The molecule has 0 unspecified atom stereocenters. The average Bonchev–Trinajstić information content (AvgIpc) is 2.40.